The summed E-state index contributed by atoms with van der Waals surface area (Å²) >= 11 is 0. The van der Waals surface area contributed by atoms with Gasteiger partial charge in [0.2, 0.25) is 5.91 Å². The number of likely N-dealkylation sites (tertiary alicyclic amines) is 1. The highest BCUT2D eigenvalue weighted by atomic mass is 19.3. The molecule has 6 heteroatoms. The van der Waals surface area contributed by atoms with Gasteiger partial charge in [-0.25, -0.2) is 0 Å². The molecule has 4 atom stereocenters. The third-order valence-corrected chi connectivity index (χ3v) is 6.69. The minimum absolute atomic E-state index is 0.220. The zero-order valence-corrected chi connectivity index (χ0v) is 16.5. The van der Waals surface area contributed by atoms with Gasteiger partial charge >= 0.3 is 6.61 Å². The molecule has 28 heavy (non-hydrogen) atoms. The molecule has 1 aromatic carbocycles. The summed E-state index contributed by atoms with van der Waals surface area (Å²) in [5, 5.41) is 0. The summed E-state index contributed by atoms with van der Waals surface area (Å²) in [4.78, 5) is 17.4. The number of carbonyl (C=O) groups is 1. The molecule has 154 valence electrons. The molecule has 1 amide bonds. The van der Waals surface area contributed by atoms with E-state index in [2.05, 4.69) is 21.5 Å². The number of benzene rings is 1. The van der Waals surface area contributed by atoms with Gasteiger partial charge in [-0.3, -0.25) is 9.69 Å². The Morgan fingerprint density at radius 3 is 2.86 bits per heavy atom. The van der Waals surface area contributed by atoms with Crippen LogP contribution in [0.2, 0.25) is 0 Å². The molecule has 3 aliphatic rings. The van der Waals surface area contributed by atoms with Crippen LogP contribution in [-0.4, -0.2) is 47.5 Å². The molecule has 0 N–H and O–H groups in total. The van der Waals surface area contributed by atoms with Crippen molar-refractivity contribution >= 4 is 5.91 Å². The number of alkyl halides is 2. The van der Waals surface area contributed by atoms with E-state index in [0.717, 1.165) is 50.9 Å². The fourth-order valence-corrected chi connectivity index (χ4v) is 5.75. The maximum atomic E-state index is 12.7. The van der Waals surface area contributed by atoms with Crippen molar-refractivity contribution in [2.24, 2.45) is 11.8 Å². The minimum Gasteiger partial charge on any atom is -0.435 e. The van der Waals surface area contributed by atoms with E-state index >= 15 is 0 Å². The van der Waals surface area contributed by atoms with Crippen LogP contribution in [0.5, 0.6) is 5.75 Å². The summed E-state index contributed by atoms with van der Waals surface area (Å²) in [6.07, 6.45) is 6.21. The van der Waals surface area contributed by atoms with Gasteiger partial charge in [-0.05, 0) is 55.2 Å². The Labute approximate surface area is 165 Å². The predicted octanol–water partition coefficient (Wildman–Crippen LogP) is 4.29. The van der Waals surface area contributed by atoms with Gasteiger partial charge in [-0.15, -0.1) is 0 Å². The zero-order valence-electron chi connectivity index (χ0n) is 16.5. The number of piperidine rings is 3. The van der Waals surface area contributed by atoms with E-state index in [-0.39, 0.29) is 5.75 Å². The molecular formula is C22H30F2N2O2. The Hall–Kier alpha value is -1.69. The number of hydrogen-bond donors (Lipinski definition) is 0. The molecule has 0 radical (unpaired) electrons. The van der Waals surface area contributed by atoms with Crippen molar-refractivity contribution in [1.29, 1.82) is 0 Å². The lowest BCUT2D eigenvalue weighted by Crippen LogP contribution is -2.64. The molecule has 3 fully saturated rings. The molecule has 0 aliphatic carbocycles. The Kier molecular flexibility index (Phi) is 5.85. The zero-order chi connectivity index (χ0) is 19.7. The van der Waals surface area contributed by atoms with Crippen LogP contribution in [-0.2, 0) is 11.3 Å². The number of hydrogen-bond acceptors (Lipinski definition) is 3. The molecule has 3 saturated heterocycles. The molecule has 2 bridgehead atoms. The van der Waals surface area contributed by atoms with Crippen molar-refractivity contribution in [1.82, 2.24) is 9.80 Å². The fourth-order valence-electron chi connectivity index (χ4n) is 5.75. The molecule has 0 unspecified atom stereocenters. The van der Waals surface area contributed by atoms with Crippen molar-refractivity contribution in [3.05, 3.63) is 29.8 Å². The normalized spacial score (nSPS) is 30.4. The lowest BCUT2D eigenvalue weighted by molar-refractivity contribution is -0.153. The van der Waals surface area contributed by atoms with Gasteiger partial charge in [0, 0.05) is 38.1 Å². The highest BCUT2D eigenvalue weighted by molar-refractivity contribution is 5.78. The average molecular weight is 392 g/mol. The summed E-state index contributed by atoms with van der Waals surface area (Å²) in [7, 11) is 0. The molecular weight excluding hydrogens is 362 g/mol. The summed E-state index contributed by atoms with van der Waals surface area (Å²) in [5.74, 6) is 1.61. The molecule has 0 spiro atoms. The third kappa shape index (κ3) is 4.02. The van der Waals surface area contributed by atoms with Crippen LogP contribution >= 0.6 is 0 Å². The topological polar surface area (TPSA) is 32.8 Å². The minimum atomic E-state index is -2.80. The molecule has 1 aromatic rings. The first-order valence-corrected chi connectivity index (χ1v) is 10.6. The van der Waals surface area contributed by atoms with Crippen LogP contribution in [0.25, 0.3) is 0 Å². The third-order valence-electron chi connectivity index (χ3n) is 6.69. The van der Waals surface area contributed by atoms with E-state index in [1.54, 1.807) is 18.2 Å². The predicted molar refractivity (Wildman–Crippen MR) is 103 cm³/mol. The second-order valence-corrected chi connectivity index (χ2v) is 8.59. The van der Waals surface area contributed by atoms with Crippen LogP contribution in [0.15, 0.2) is 24.3 Å². The molecule has 3 heterocycles. The van der Waals surface area contributed by atoms with Crippen LogP contribution in [0, 0.1) is 11.8 Å². The number of rotatable bonds is 6. The second kappa shape index (κ2) is 8.36. The number of amides is 1. The average Bonchev–Trinajstić information content (AvgIpc) is 2.65. The van der Waals surface area contributed by atoms with Crippen LogP contribution in [0.3, 0.4) is 0 Å². The SMILES string of the molecule is CCC[C@H]1[C@H]2C[C@H](CN(Cc3cccc(OC(F)F)c3)C2)[C@@H]2CCCC(=O)N21. The van der Waals surface area contributed by atoms with Crippen molar-refractivity contribution in [3.8, 4) is 5.75 Å². The van der Waals surface area contributed by atoms with Crippen LogP contribution < -0.4 is 4.74 Å². The first-order valence-electron chi connectivity index (χ1n) is 10.6. The maximum Gasteiger partial charge on any atom is 0.387 e. The van der Waals surface area contributed by atoms with Crippen molar-refractivity contribution in [3.63, 3.8) is 0 Å². The van der Waals surface area contributed by atoms with Gasteiger partial charge in [0.05, 0.1) is 0 Å². The molecule has 0 aromatic heterocycles. The summed E-state index contributed by atoms with van der Waals surface area (Å²) in [6, 6.07) is 7.78. The summed E-state index contributed by atoms with van der Waals surface area (Å²) in [6.45, 7) is 2.09. The van der Waals surface area contributed by atoms with Crippen molar-refractivity contribution in [2.45, 2.75) is 70.7 Å². The largest absolute Gasteiger partial charge is 0.435 e. The number of halogens is 2. The van der Waals surface area contributed by atoms with Gasteiger partial charge in [-0.2, -0.15) is 8.78 Å². The second-order valence-electron chi connectivity index (χ2n) is 8.59. The first kappa shape index (κ1) is 19.6. The van der Waals surface area contributed by atoms with E-state index in [9.17, 15) is 13.6 Å². The maximum absolute atomic E-state index is 12.7. The number of carbonyl (C=O) groups excluding carboxylic acids is 1. The Morgan fingerprint density at radius 2 is 2.07 bits per heavy atom. The van der Waals surface area contributed by atoms with Gasteiger partial charge in [0.15, 0.2) is 0 Å². The number of fused-ring (bicyclic) bond motifs is 4. The van der Waals surface area contributed by atoms with Gasteiger partial charge in [0.1, 0.15) is 5.75 Å². The summed E-state index contributed by atoms with van der Waals surface area (Å²) < 4.78 is 29.6. The van der Waals surface area contributed by atoms with Gasteiger partial charge in [0.25, 0.3) is 0 Å². The van der Waals surface area contributed by atoms with Gasteiger partial charge < -0.3 is 9.64 Å². The van der Waals surface area contributed by atoms with E-state index < -0.39 is 6.61 Å². The monoisotopic (exact) mass is 392 g/mol. The van der Waals surface area contributed by atoms with Crippen molar-refractivity contribution in [2.75, 3.05) is 13.1 Å². The van der Waals surface area contributed by atoms with Crippen molar-refractivity contribution < 1.29 is 18.3 Å². The van der Waals surface area contributed by atoms with Crippen LogP contribution in [0.4, 0.5) is 8.78 Å². The number of ether oxygens (including phenoxy) is 1. The van der Waals surface area contributed by atoms with E-state index in [1.807, 2.05) is 6.07 Å². The Bertz CT molecular complexity index is 699. The fraction of sp³-hybridized carbons (Fsp3) is 0.682. The standard InChI is InChI=1S/C22H30F2N2O2/c1-2-5-19-16-11-17(20-8-4-9-21(27)26(19)20)14-25(13-16)12-15-6-3-7-18(10-15)28-22(23)24/h3,6-7,10,16-17,19-20,22H,2,4-5,8-9,11-14H2,1H3/t16-,17+,19-,20-/m0/s1. The quantitative estimate of drug-likeness (QED) is 0.724. The van der Waals surface area contributed by atoms with E-state index in [0.29, 0.717) is 36.2 Å². The number of nitrogens with zero attached hydrogens (tertiary/aromatic N) is 2. The highest BCUT2D eigenvalue weighted by Gasteiger charge is 2.48. The summed E-state index contributed by atoms with van der Waals surface area (Å²) in [5.41, 5.74) is 1.00. The Balaban J connectivity index is 1.49. The molecule has 4 rings (SSSR count). The van der Waals surface area contributed by atoms with Crippen LogP contribution in [0.1, 0.15) is 51.0 Å². The van der Waals surface area contributed by atoms with E-state index in [1.165, 1.54) is 6.42 Å². The lowest BCUT2D eigenvalue weighted by Gasteiger charge is -2.57. The first-order chi connectivity index (χ1) is 13.5. The molecule has 4 nitrogen and oxygen atoms in total. The molecule has 0 saturated carbocycles. The molecule has 3 aliphatic heterocycles. The van der Waals surface area contributed by atoms with E-state index in [4.69, 9.17) is 0 Å². The smallest absolute Gasteiger partial charge is 0.387 e. The Morgan fingerprint density at radius 1 is 1.25 bits per heavy atom. The highest BCUT2D eigenvalue weighted by Crippen LogP contribution is 2.43. The van der Waals surface area contributed by atoms with Gasteiger partial charge in [-0.1, -0.05) is 25.5 Å². The lowest BCUT2D eigenvalue weighted by atomic mass is 9.71.